The second-order valence-corrected chi connectivity index (χ2v) is 7.02. The largest absolute Gasteiger partial charge is 0.494 e. The summed E-state index contributed by atoms with van der Waals surface area (Å²) >= 11 is 6.14. The Balaban J connectivity index is 1.82. The number of unbranched alkanes of at least 4 members (excludes halogenated alkanes) is 1. The topological polar surface area (TPSA) is 102 Å². The number of nitro groups is 1. The van der Waals surface area contributed by atoms with Gasteiger partial charge in [-0.05, 0) is 55.3 Å². The Labute approximate surface area is 179 Å². The molecule has 0 aliphatic carbocycles. The average Bonchev–Trinajstić information content (AvgIpc) is 2.72. The summed E-state index contributed by atoms with van der Waals surface area (Å²) in [4.78, 5) is 19.3. The first-order valence-corrected chi connectivity index (χ1v) is 9.88. The fourth-order valence-corrected chi connectivity index (χ4v) is 2.83. The number of aryl methyl sites for hydroxylation is 1. The van der Waals surface area contributed by atoms with Gasteiger partial charge >= 0.3 is 5.69 Å². The molecule has 0 fully saturated rings. The Kier molecular flexibility index (Phi) is 7.03. The molecule has 0 aliphatic heterocycles. The summed E-state index contributed by atoms with van der Waals surface area (Å²) in [6.45, 7) is 4.63. The van der Waals surface area contributed by atoms with Gasteiger partial charge in [-0.2, -0.15) is 0 Å². The molecule has 1 aromatic heterocycles. The van der Waals surface area contributed by atoms with Crippen LogP contribution in [0.2, 0.25) is 5.02 Å². The molecule has 2 N–H and O–H groups in total. The van der Waals surface area contributed by atoms with Crippen LogP contribution < -0.4 is 15.4 Å². The van der Waals surface area contributed by atoms with Crippen molar-refractivity contribution in [2.24, 2.45) is 0 Å². The summed E-state index contributed by atoms with van der Waals surface area (Å²) in [5.74, 6) is 0.886. The summed E-state index contributed by atoms with van der Waals surface area (Å²) in [6, 6.07) is 12.4. The molecule has 0 bridgehead atoms. The van der Waals surface area contributed by atoms with Gasteiger partial charge in [-0.25, -0.2) is 9.97 Å². The first kappa shape index (κ1) is 21.3. The Morgan fingerprint density at radius 1 is 1.07 bits per heavy atom. The quantitative estimate of drug-likeness (QED) is 0.245. The number of hydrogen-bond acceptors (Lipinski definition) is 7. The van der Waals surface area contributed by atoms with Crippen molar-refractivity contribution in [1.82, 2.24) is 9.97 Å². The summed E-state index contributed by atoms with van der Waals surface area (Å²) in [5.41, 5.74) is 1.87. The van der Waals surface area contributed by atoms with E-state index in [2.05, 4.69) is 27.5 Å². The Morgan fingerprint density at radius 3 is 2.30 bits per heavy atom. The number of benzene rings is 2. The monoisotopic (exact) mass is 427 g/mol. The molecule has 0 spiro atoms. The first-order valence-electron chi connectivity index (χ1n) is 9.50. The number of halogens is 1. The Bertz CT molecular complexity index is 1030. The lowest BCUT2D eigenvalue weighted by atomic mass is 10.2. The lowest BCUT2D eigenvalue weighted by Gasteiger charge is -2.11. The maximum Gasteiger partial charge on any atom is 0.353 e. The molecule has 3 aromatic rings. The van der Waals surface area contributed by atoms with Crippen LogP contribution in [0.3, 0.4) is 0 Å². The minimum atomic E-state index is -0.525. The normalized spacial score (nSPS) is 10.5. The first-order chi connectivity index (χ1) is 14.5. The zero-order valence-corrected chi connectivity index (χ0v) is 17.4. The number of ether oxygens (including phenoxy) is 1. The molecular formula is C21H22ClN5O3. The third-order valence-corrected chi connectivity index (χ3v) is 4.73. The number of aromatic nitrogens is 2. The molecule has 30 heavy (non-hydrogen) atoms. The molecule has 2 aromatic carbocycles. The molecule has 0 aliphatic rings. The van der Waals surface area contributed by atoms with Crippen LogP contribution in [-0.4, -0.2) is 21.5 Å². The molecule has 9 heteroatoms. The minimum absolute atomic E-state index is 0.0666. The van der Waals surface area contributed by atoms with Crippen LogP contribution in [0.4, 0.5) is 28.7 Å². The predicted molar refractivity (Wildman–Crippen MR) is 118 cm³/mol. The van der Waals surface area contributed by atoms with Crippen molar-refractivity contribution >= 4 is 40.3 Å². The molecule has 0 amide bonds. The highest BCUT2D eigenvalue weighted by molar-refractivity contribution is 6.31. The standard InChI is InChI=1S/C21H22ClN5O3/c1-3-4-11-30-17-9-7-15(8-10-17)25-20-19(27(28)29)21(24-13-23-20)26-16-6-5-14(2)18(22)12-16/h5-10,12-13H,3-4,11H2,1-2H3,(H2,23,24,25,26). The molecule has 1 heterocycles. The van der Waals surface area contributed by atoms with Gasteiger partial charge < -0.3 is 15.4 Å². The summed E-state index contributed by atoms with van der Waals surface area (Å²) in [6.07, 6.45) is 3.30. The van der Waals surface area contributed by atoms with E-state index in [9.17, 15) is 10.1 Å². The van der Waals surface area contributed by atoms with Crippen LogP contribution in [0, 0.1) is 17.0 Å². The second kappa shape index (κ2) is 9.89. The van der Waals surface area contributed by atoms with Crippen molar-refractivity contribution in [3.63, 3.8) is 0 Å². The Hall–Kier alpha value is -3.39. The van der Waals surface area contributed by atoms with E-state index in [1.54, 1.807) is 36.4 Å². The second-order valence-electron chi connectivity index (χ2n) is 6.62. The van der Waals surface area contributed by atoms with E-state index < -0.39 is 4.92 Å². The van der Waals surface area contributed by atoms with Gasteiger partial charge in [-0.3, -0.25) is 10.1 Å². The minimum Gasteiger partial charge on any atom is -0.494 e. The third kappa shape index (κ3) is 5.36. The zero-order valence-electron chi connectivity index (χ0n) is 16.7. The number of nitrogens with one attached hydrogen (secondary N) is 2. The highest BCUT2D eigenvalue weighted by Gasteiger charge is 2.23. The number of rotatable bonds is 9. The van der Waals surface area contributed by atoms with Crippen LogP contribution in [0.25, 0.3) is 0 Å². The van der Waals surface area contributed by atoms with Crippen molar-refractivity contribution in [2.75, 3.05) is 17.2 Å². The van der Waals surface area contributed by atoms with Crippen molar-refractivity contribution in [3.8, 4) is 5.75 Å². The molecule has 0 saturated carbocycles. The zero-order chi connectivity index (χ0) is 21.5. The summed E-state index contributed by atoms with van der Waals surface area (Å²) in [7, 11) is 0. The van der Waals surface area contributed by atoms with E-state index in [-0.39, 0.29) is 17.3 Å². The van der Waals surface area contributed by atoms with Gasteiger partial charge in [0.05, 0.1) is 11.5 Å². The van der Waals surface area contributed by atoms with Gasteiger partial charge in [0.15, 0.2) is 0 Å². The van der Waals surface area contributed by atoms with Gasteiger partial charge in [0.2, 0.25) is 11.6 Å². The smallest absolute Gasteiger partial charge is 0.353 e. The van der Waals surface area contributed by atoms with Gasteiger partial charge in [-0.1, -0.05) is 31.0 Å². The van der Waals surface area contributed by atoms with Crippen LogP contribution in [0.1, 0.15) is 25.3 Å². The molecule has 0 unspecified atom stereocenters. The highest BCUT2D eigenvalue weighted by Crippen LogP contribution is 2.34. The highest BCUT2D eigenvalue weighted by atomic mass is 35.5. The lowest BCUT2D eigenvalue weighted by molar-refractivity contribution is -0.383. The fraction of sp³-hybridized carbons (Fsp3) is 0.238. The molecule has 156 valence electrons. The van der Waals surface area contributed by atoms with Crippen molar-refractivity contribution in [1.29, 1.82) is 0 Å². The van der Waals surface area contributed by atoms with Crippen LogP contribution in [-0.2, 0) is 0 Å². The van der Waals surface area contributed by atoms with Crippen molar-refractivity contribution < 1.29 is 9.66 Å². The van der Waals surface area contributed by atoms with E-state index in [4.69, 9.17) is 16.3 Å². The van der Waals surface area contributed by atoms with E-state index in [1.807, 2.05) is 13.0 Å². The summed E-state index contributed by atoms with van der Waals surface area (Å²) in [5, 5.41) is 18.2. The average molecular weight is 428 g/mol. The van der Waals surface area contributed by atoms with Crippen molar-refractivity contribution in [2.45, 2.75) is 26.7 Å². The number of anilines is 4. The summed E-state index contributed by atoms with van der Waals surface area (Å²) < 4.78 is 5.63. The van der Waals surface area contributed by atoms with Gasteiger partial charge in [-0.15, -0.1) is 0 Å². The van der Waals surface area contributed by atoms with E-state index >= 15 is 0 Å². The van der Waals surface area contributed by atoms with Crippen LogP contribution >= 0.6 is 11.6 Å². The van der Waals surface area contributed by atoms with Gasteiger partial charge in [0.25, 0.3) is 0 Å². The lowest BCUT2D eigenvalue weighted by Crippen LogP contribution is -2.05. The third-order valence-electron chi connectivity index (χ3n) is 4.32. The molecule has 8 nitrogen and oxygen atoms in total. The van der Waals surface area contributed by atoms with Crippen LogP contribution in [0.5, 0.6) is 5.75 Å². The van der Waals surface area contributed by atoms with E-state index in [0.717, 1.165) is 24.2 Å². The van der Waals surface area contributed by atoms with Crippen molar-refractivity contribution in [3.05, 3.63) is 69.5 Å². The molecular weight excluding hydrogens is 406 g/mol. The predicted octanol–water partition coefficient (Wildman–Crippen LogP) is 6.01. The maximum atomic E-state index is 11.7. The van der Waals surface area contributed by atoms with Gasteiger partial charge in [0, 0.05) is 16.4 Å². The SMILES string of the molecule is CCCCOc1ccc(Nc2ncnc(Nc3ccc(C)c(Cl)c3)c2[N+](=O)[O-])cc1. The number of hydrogen-bond donors (Lipinski definition) is 2. The molecule has 0 radical (unpaired) electrons. The van der Waals surface area contributed by atoms with E-state index in [0.29, 0.717) is 23.0 Å². The van der Waals surface area contributed by atoms with E-state index in [1.165, 1.54) is 6.33 Å². The van der Waals surface area contributed by atoms with Gasteiger partial charge in [0.1, 0.15) is 12.1 Å². The molecule has 3 rings (SSSR count). The number of nitrogens with zero attached hydrogens (tertiary/aromatic N) is 3. The Morgan fingerprint density at radius 2 is 1.70 bits per heavy atom. The van der Waals surface area contributed by atoms with Crippen LogP contribution in [0.15, 0.2) is 48.8 Å². The molecule has 0 atom stereocenters. The fourth-order valence-electron chi connectivity index (χ4n) is 2.65. The maximum absolute atomic E-state index is 11.7. The molecule has 0 saturated heterocycles.